The summed E-state index contributed by atoms with van der Waals surface area (Å²) in [4.78, 5) is 2.33. The summed E-state index contributed by atoms with van der Waals surface area (Å²) in [6, 6.07) is 16.8. The van der Waals surface area contributed by atoms with Gasteiger partial charge in [-0.05, 0) is 36.1 Å². The molecule has 0 N–H and O–H groups in total. The summed E-state index contributed by atoms with van der Waals surface area (Å²) in [7, 11) is 0. The van der Waals surface area contributed by atoms with Crippen molar-refractivity contribution in [3.8, 4) is 6.07 Å². The minimum absolute atomic E-state index is 0.777. The van der Waals surface area contributed by atoms with E-state index in [9.17, 15) is 5.26 Å². The van der Waals surface area contributed by atoms with Crippen LogP contribution in [0.1, 0.15) is 22.3 Å². The van der Waals surface area contributed by atoms with Crippen LogP contribution in [0.15, 0.2) is 42.5 Å². The number of hydrogen-bond donors (Lipinski definition) is 0. The Kier molecular flexibility index (Phi) is 2.97. The Bertz CT molecular complexity index is 653. The summed E-state index contributed by atoms with van der Waals surface area (Å²) >= 11 is 0. The van der Waals surface area contributed by atoms with Gasteiger partial charge >= 0.3 is 0 Å². The van der Waals surface area contributed by atoms with Crippen LogP contribution in [-0.2, 0) is 13.0 Å². The van der Waals surface area contributed by atoms with Crippen molar-refractivity contribution in [3.63, 3.8) is 0 Å². The maximum atomic E-state index is 9.29. The van der Waals surface area contributed by atoms with Crippen LogP contribution in [0.4, 0.5) is 5.69 Å². The normalized spacial score (nSPS) is 13.8. The largest absolute Gasteiger partial charge is 0.366 e. The number of nitriles is 1. The van der Waals surface area contributed by atoms with Crippen LogP contribution in [0.2, 0.25) is 0 Å². The lowest BCUT2D eigenvalue weighted by Gasteiger charge is -2.32. The van der Waals surface area contributed by atoms with Gasteiger partial charge in [-0.1, -0.05) is 36.4 Å². The molecular formula is C17H16N2. The highest BCUT2D eigenvalue weighted by atomic mass is 15.1. The molecule has 0 unspecified atom stereocenters. The minimum Gasteiger partial charge on any atom is -0.366 e. The molecule has 0 saturated heterocycles. The molecule has 2 aromatic rings. The molecular weight excluding hydrogens is 232 g/mol. The molecule has 1 heterocycles. The predicted molar refractivity (Wildman–Crippen MR) is 77.1 cm³/mol. The molecule has 1 aliphatic heterocycles. The van der Waals surface area contributed by atoms with Crippen LogP contribution in [0.3, 0.4) is 0 Å². The molecule has 94 valence electrons. The fourth-order valence-corrected chi connectivity index (χ4v) is 2.86. The second-order valence-electron chi connectivity index (χ2n) is 5.02. The third kappa shape index (κ3) is 2.08. The number of anilines is 1. The summed E-state index contributed by atoms with van der Waals surface area (Å²) in [5.74, 6) is 0. The topological polar surface area (TPSA) is 27.0 Å². The number of rotatable bonds is 1. The summed E-state index contributed by atoms with van der Waals surface area (Å²) < 4.78 is 0. The second kappa shape index (κ2) is 4.78. The summed E-state index contributed by atoms with van der Waals surface area (Å²) in [5, 5.41) is 9.29. The van der Waals surface area contributed by atoms with E-state index in [0.717, 1.165) is 30.8 Å². The lowest BCUT2D eigenvalue weighted by Crippen LogP contribution is -2.31. The van der Waals surface area contributed by atoms with Gasteiger partial charge in [0.1, 0.15) is 6.07 Å². The third-order valence-electron chi connectivity index (χ3n) is 3.81. The molecule has 0 saturated carbocycles. The Morgan fingerprint density at radius 1 is 1.05 bits per heavy atom. The molecule has 19 heavy (non-hydrogen) atoms. The van der Waals surface area contributed by atoms with Gasteiger partial charge in [0, 0.05) is 13.1 Å². The molecule has 0 bridgehead atoms. The molecule has 2 heteroatoms. The molecule has 0 aliphatic carbocycles. The Balaban J connectivity index is 2.00. The lowest BCUT2D eigenvalue weighted by molar-refractivity contribution is 0.728. The Hall–Kier alpha value is -2.27. The number of benzene rings is 2. The van der Waals surface area contributed by atoms with Crippen molar-refractivity contribution in [1.29, 1.82) is 5.26 Å². The van der Waals surface area contributed by atoms with E-state index in [1.165, 1.54) is 16.7 Å². The fourth-order valence-electron chi connectivity index (χ4n) is 2.86. The highest BCUT2D eigenvalue weighted by Gasteiger charge is 2.19. The molecule has 0 aromatic heterocycles. The van der Waals surface area contributed by atoms with Crippen LogP contribution in [-0.4, -0.2) is 6.54 Å². The standard InChI is InChI=1S/C17H16N2/c1-13-5-4-8-15(11-18)17(13)19-10-9-14-6-2-3-7-16(14)12-19/h2-8H,9-10,12H2,1H3. The maximum absolute atomic E-state index is 9.29. The van der Waals surface area contributed by atoms with E-state index in [-0.39, 0.29) is 0 Å². The van der Waals surface area contributed by atoms with E-state index >= 15 is 0 Å². The number of hydrogen-bond acceptors (Lipinski definition) is 2. The maximum Gasteiger partial charge on any atom is 0.101 e. The first kappa shape index (κ1) is 11.8. The van der Waals surface area contributed by atoms with Gasteiger partial charge in [0.05, 0.1) is 11.3 Å². The molecule has 3 rings (SSSR count). The number of aryl methyl sites for hydroxylation is 1. The molecule has 0 spiro atoms. The van der Waals surface area contributed by atoms with Gasteiger partial charge in [-0.15, -0.1) is 0 Å². The van der Waals surface area contributed by atoms with Crippen LogP contribution in [0.5, 0.6) is 0 Å². The fraction of sp³-hybridized carbons (Fsp3) is 0.235. The van der Waals surface area contributed by atoms with E-state index < -0.39 is 0 Å². The van der Waals surface area contributed by atoms with Crippen LogP contribution < -0.4 is 4.90 Å². The second-order valence-corrected chi connectivity index (χ2v) is 5.02. The van der Waals surface area contributed by atoms with E-state index in [4.69, 9.17) is 0 Å². The Labute approximate surface area is 113 Å². The van der Waals surface area contributed by atoms with Crippen molar-refractivity contribution in [3.05, 3.63) is 64.7 Å². The molecule has 0 amide bonds. The van der Waals surface area contributed by atoms with Gasteiger partial charge in [0.2, 0.25) is 0 Å². The highest BCUT2D eigenvalue weighted by molar-refractivity contribution is 5.64. The molecule has 2 nitrogen and oxygen atoms in total. The average molecular weight is 248 g/mol. The minimum atomic E-state index is 0.777. The van der Waals surface area contributed by atoms with Crippen molar-refractivity contribution >= 4 is 5.69 Å². The predicted octanol–water partition coefficient (Wildman–Crippen LogP) is 3.43. The number of para-hydroxylation sites is 1. The molecule has 0 radical (unpaired) electrons. The van der Waals surface area contributed by atoms with Crippen molar-refractivity contribution in [1.82, 2.24) is 0 Å². The first-order valence-electron chi connectivity index (χ1n) is 6.61. The van der Waals surface area contributed by atoms with E-state index in [1.54, 1.807) is 0 Å². The first-order valence-corrected chi connectivity index (χ1v) is 6.61. The van der Waals surface area contributed by atoms with Gasteiger partial charge in [-0.2, -0.15) is 5.26 Å². The molecule has 1 aliphatic rings. The molecule has 0 atom stereocenters. The van der Waals surface area contributed by atoms with Crippen LogP contribution in [0.25, 0.3) is 0 Å². The first-order chi connectivity index (χ1) is 9.29. The van der Waals surface area contributed by atoms with Gasteiger partial charge in [-0.3, -0.25) is 0 Å². The number of fused-ring (bicyclic) bond motifs is 1. The van der Waals surface area contributed by atoms with E-state index in [1.807, 2.05) is 12.1 Å². The number of nitrogens with zero attached hydrogens (tertiary/aromatic N) is 2. The molecule has 0 fully saturated rings. The zero-order chi connectivity index (χ0) is 13.2. The SMILES string of the molecule is Cc1cccc(C#N)c1N1CCc2ccccc2C1. The summed E-state index contributed by atoms with van der Waals surface area (Å²) in [5.41, 5.74) is 5.86. The smallest absolute Gasteiger partial charge is 0.101 e. The van der Waals surface area contributed by atoms with Gasteiger partial charge < -0.3 is 4.90 Å². The van der Waals surface area contributed by atoms with Gasteiger partial charge in [-0.25, -0.2) is 0 Å². The van der Waals surface area contributed by atoms with E-state index in [2.05, 4.69) is 48.2 Å². The Morgan fingerprint density at radius 2 is 1.84 bits per heavy atom. The van der Waals surface area contributed by atoms with Crippen molar-refractivity contribution < 1.29 is 0 Å². The lowest BCUT2D eigenvalue weighted by atomic mass is 9.98. The van der Waals surface area contributed by atoms with Gasteiger partial charge in [0.25, 0.3) is 0 Å². The zero-order valence-electron chi connectivity index (χ0n) is 11.1. The Morgan fingerprint density at radius 3 is 2.63 bits per heavy atom. The monoisotopic (exact) mass is 248 g/mol. The summed E-state index contributed by atoms with van der Waals surface area (Å²) in [6.07, 6.45) is 1.05. The third-order valence-corrected chi connectivity index (χ3v) is 3.81. The highest BCUT2D eigenvalue weighted by Crippen LogP contribution is 2.29. The van der Waals surface area contributed by atoms with Gasteiger partial charge in [0.15, 0.2) is 0 Å². The van der Waals surface area contributed by atoms with Crippen molar-refractivity contribution in [2.75, 3.05) is 11.4 Å². The quantitative estimate of drug-likeness (QED) is 0.773. The average Bonchev–Trinajstić information content (AvgIpc) is 2.46. The van der Waals surface area contributed by atoms with Crippen LogP contribution >= 0.6 is 0 Å². The molecule has 2 aromatic carbocycles. The van der Waals surface area contributed by atoms with Crippen molar-refractivity contribution in [2.24, 2.45) is 0 Å². The summed E-state index contributed by atoms with van der Waals surface area (Å²) in [6.45, 7) is 3.96. The van der Waals surface area contributed by atoms with Crippen molar-refractivity contribution in [2.45, 2.75) is 19.9 Å². The zero-order valence-corrected chi connectivity index (χ0v) is 11.1. The van der Waals surface area contributed by atoms with E-state index in [0.29, 0.717) is 0 Å². The van der Waals surface area contributed by atoms with Crippen LogP contribution in [0, 0.1) is 18.3 Å².